The summed E-state index contributed by atoms with van der Waals surface area (Å²) in [6.07, 6.45) is 0.0149. The van der Waals surface area contributed by atoms with Crippen molar-refractivity contribution in [1.82, 2.24) is 20.7 Å². The molecule has 1 aromatic heterocycles. The van der Waals surface area contributed by atoms with Gasteiger partial charge in [0.2, 0.25) is 17.7 Å². The van der Waals surface area contributed by atoms with Gasteiger partial charge in [-0.2, -0.15) is 0 Å². The Balaban J connectivity index is 1.70. The van der Waals surface area contributed by atoms with Crippen LogP contribution >= 0.6 is 0 Å². The van der Waals surface area contributed by atoms with Gasteiger partial charge in [-0.15, -0.1) is 0 Å². The maximum Gasteiger partial charge on any atom is 0.273 e. The predicted octanol–water partition coefficient (Wildman–Crippen LogP) is 0.128. The number of hydrogen-bond acceptors (Lipinski definition) is 5. The van der Waals surface area contributed by atoms with Crippen LogP contribution in [-0.4, -0.2) is 59.6 Å². The molecule has 0 spiro atoms. The van der Waals surface area contributed by atoms with Crippen LogP contribution in [0.4, 0.5) is 0 Å². The number of carbonyl (C=O) groups excluding carboxylic acids is 4. The van der Waals surface area contributed by atoms with Crippen molar-refractivity contribution >= 4 is 23.6 Å². The molecule has 142 valence electrons. The average Bonchev–Trinajstić information content (AvgIpc) is 2.95. The van der Waals surface area contributed by atoms with Gasteiger partial charge in [0.15, 0.2) is 0 Å². The summed E-state index contributed by atoms with van der Waals surface area (Å²) >= 11 is 0. The number of amides is 4. The molecule has 1 fully saturated rings. The van der Waals surface area contributed by atoms with Crippen LogP contribution in [-0.2, 0) is 14.4 Å². The summed E-state index contributed by atoms with van der Waals surface area (Å²) in [6.45, 7) is 6.84. The summed E-state index contributed by atoms with van der Waals surface area (Å²) in [6, 6.07) is 1.58. The topological polar surface area (TPSA) is 112 Å². The number of nitrogens with zero attached hydrogens (tertiary/aromatic N) is 2. The van der Waals surface area contributed by atoms with Crippen molar-refractivity contribution in [3.63, 3.8) is 0 Å². The molecule has 1 aliphatic rings. The Morgan fingerprint density at radius 2 is 1.62 bits per heavy atom. The molecule has 9 nitrogen and oxygen atoms in total. The molecule has 0 unspecified atom stereocenters. The number of carbonyl (C=O) groups is 4. The fourth-order valence-corrected chi connectivity index (χ4v) is 2.76. The standard InChI is InChI=1S/C17H24N4O5/c1-11-10-14(12(2)26-11)17(25)19-18-15(23)4-5-16(24)21-8-6-20(7-9-21)13(3)22/h10H,4-9H2,1-3H3,(H,18,23)(H,19,25). The highest BCUT2D eigenvalue weighted by molar-refractivity contribution is 5.96. The molecular formula is C17H24N4O5. The van der Waals surface area contributed by atoms with Crippen LogP contribution in [0.15, 0.2) is 10.5 Å². The molecule has 2 rings (SSSR count). The first kappa shape index (κ1) is 19.5. The maximum atomic E-state index is 12.1. The lowest BCUT2D eigenvalue weighted by atomic mass is 10.2. The van der Waals surface area contributed by atoms with E-state index in [9.17, 15) is 19.2 Å². The highest BCUT2D eigenvalue weighted by atomic mass is 16.3. The minimum Gasteiger partial charge on any atom is -0.466 e. The summed E-state index contributed by atoms with van der Waals surface area (Å²) in [4.78, 5) is 50.5. The fourth-order valence-electron chi connectivity index (χ4n) is 2.76. The van der Waals surface area contributed by atoms with Gasteiger partial charge in [0.05, 0.1) is 5.56 Å². The first-order valence-electron chi connectivity index (χ1n) is 8.47. The van der Waals surface area contributed by atoms with E-state index in [1.54, 1.807) is 29.7 Å². The van der Waals surface area contributed by atoms with E-state index >= 15 is 0 Å². The smallest absolute Gasteiger partial charge is 0.273 e. The summed E-state index contributed by atoms with van der Waals surface area (Å²) in [5.41, 5.74) is 4.95. The van der Waals surface area contributed by atoms with Crippen molar-refractivity contribution in [2.24, 2.45) is 0 Å². The van der Waals surface area contributed by atoms with Gasteiger partial charge in [-0.05, 0) is 19.9 Å². The van der Waals surface area contributed by atoms with E-state index in [2.05, 4.69) is 10.9 Å². The molecule has 4 amide bonds. The molecule has 0 aromatic carbocycles. The zero-order chi connectivity index (χ0) is 19.3. The van der Waals surface area contributed by atoms with Crippen LogP contribution in [0.1, 0.15) is 41.6 Å². The summed E-state index contributed by atoms with van der Waals surface area (Å²) in [7, 11) is 0. The van der Waals surface area contributed by atoms with E-state index < -0.39 is 11.8 Å². The van der Waals surface area contributed by atoms with Gasteiger partial charge in [0, 0.05) is 45.9 Å². The van der Waals surface area contributed by atoms with Gasteiger partial charge in [-0.3, -0.25) is 30.0 Å². The van der Waals surface area contributed by atoms with E-state index in [1.165, 1.54) is 6.92 Å². The van der Waals surface area contributed by atoms with Gasteiger partial charge in [-0.25, -0.2) is 0 Å². The third-order valence-corrected chi connectivity index (χ3v) is 4.24. The number of hydrazine groups is 1. The Morgan fingerprint density at radius 1 is 1.00 bits per heavy atom. The summed E-state index contributed by atoms with van der Waals surface area (Å²) in [5.74, 6) is 0.00106. The van der Waals surface area contributed by atoms with Crippen LogP contribution in [0.25, 0.3) is 0 Å². The van der Waals surface area contributed by atoms with E-state index in [0.717, 1.165) is 0 Å². The highest BCUT2D eigenvalue weighted by Crippen LogP contribution is 2.13. The SMILES string of the molecule is CC(=O)N1CCN(C(=O)CCC(=O)NNC(=O)c2cc(C)oc2C)CC1. The van der Waals surface area contributed by atoms with Gasteiger partial charge in [0.25, 0.3) is 5.91 Å². The number of nitrogens with one attached hydrogen (secondary N) is 2. The molecule has 2 N–H and O–H groups in total. The van der Waals surface area contributed by atoms with E-state index in [1.807, 2.05) is 0 Å². The minimum atomic E-state index is -0.473. The molecule has 9 heteroatoms. The van der Waals surface area contributed by atoms with E-state index in [0.29, 0.717) is 43.3 Å². The third kappa shape index (κ3) is 5.08. The molecule has 1 aromatic rings. The molecule has 0 saturated carbocycles. The molecule has 26 heavy (non-hydrogen) atoms. The van der Waals surface area contributed by atoms with Crippen LogP contribution in [0.3, 0.4) is 0 Å². The largest absolute Gasteiger partial charge is 0.466 e. The van der Waals surface area contributed by atoms with Crippen molar-refractivity contribution in [3.05, 3.63) is 23.2 Å². The number of aryl methyl sites for hydroxylation is 2. The zero-order valence-corrected chi connectivity index (χ0v) is 15.3. The molecule has 0 atom stereocenters. The first-order valence-corrected chi connectivity index (χ1v) is 8.47. The lowest BCUT2D eigenvalue weighted by Crippen LogP contribution is -2.50. The van der Waals surface area contributed by atoms with Crippen molar-refractivity contribution in [2.75, 3.05) is 26.2 Å². The molecule has 0 aliphatic carbocycles. The highest BCUT2D eigenvalue weighted by Gasteiger charge is 2.22. The van der Waals surface area contributed by atoms with Crippen LogP contribution in [0, 0.1) is 13.8 Å². The maximum absolute atomic E-state index is 12.1. The Labute approximate surface area is 151 Å². The van der Waals surface area contributed by atoms with Crippen LogP contribution in [0.2, 0.25) is 0 Å². The number of hydrogen-bond donors (Lipinski definition) is 2. The quantitative estimate of drug-likeness (QED) is 0.738. The van der Waals surface area contributed by atoms with E-state index in [4.69, 9.17) is 4.42 Å². The second-order valence-electron chi connectivity index (χ2n) is 6.22. The molecular weight excluding hydrogens is 340 g/mol. The Morgan fingerprint density at radius 3 is 2.15 bits per heavy atom. The molecule has 0 radical (unpaired) electrons. The van der Waals surface area contributed by atoms with Crippen molar-refractivity contribution in [1.29, 1.82) is 0 Å². The molecule has 0 bridgehead atoms. The lowest BCUT2D eigenvalue weighted by molar-refractivity contribution is -0.139. The molecule has 1 saturated heterocycles. The Bertz CT molecular complexity index is 704. The van der Waals surface area contributed by atoms with Crippen molar-refractivity contribution in [2.45, 2.75) is 33.6 Å². The third-order valence-electron chi connectivity index (χ3n) is 4.24. The summed E-state index contributed by atoms with van der Waals surface area (Å²) in [5, 5.41) is 0. The fraction of sp³-hybridized carbons (Fsp3) is 0.529. The van der Waals surface area contributed by atoms with Gasteiger partial charge >= 0.3 is 0 Å². The predicted molar refractivity (Wildman–Crippen MR) is 91.9 cm³/mol. The molecule has 2 heterocycles. The molecule has 1 aliphatic heterocycles. The number of rotatable bonds is 4. The first-order chi connectivity index (χ1) is 12.3. The average molecular weight is 364 g/mol. The number of piperazine rings is 1. The zero-order valence-electron chi connectivity index (χ0n) is 15.3. The minimum absolute atomic E-state index is 0.00438. The monoisotopic (exact) mass is 364 g/mol. The van der Waals surface area contributed by atoms with Gasteiger partial charge < -0.3 is 14.2 Å². The van der Waals surface area contributed by atoms with Crippen molar-refractivity contribution < 1.29 is 23.6 Å². The van der Waals surface area contributed by atoms with Gasteiger partial charge in [-0.1, -0.05) is 0 Å². The van der Waals surface area contributed by atoms with Crippen LogP contribution < -0.4 is 10.9 Å². The summed E-state index contributed by atoms with van der Waals surface area (Å²) < 4.78 is 5.26. The van der Waals surface area contributed by atoms with Gasteiger partial charge in [0.1, 0.15) is 11.5 Å². The Hall–Kier alpha value is -2.84. The lowest BCUT2D eigenvalue weighted by Gasteiger charge is -2.34. The number of furan rings is 1. The normalized spacial score (nSPS) is 14.1. The van der Waals surface area contributed by atoms with Crippen LogP contribution in [0.5, 0.6) is 0 Å². The second-order valence-corrected chi connectivity index (χ2v) is 6.22. The Kier molecular flexibility index (Phi) is 6.37. The van der Waals surface area contributed by atoms with Crippen molar-refractivity contribution in [3.8, 4) is 0 Å². The van der Waals surface area contributed by atoms with E-state index in [-0.39, 0.29) is 24.7 Å². The second kappa shape index (κ2) is 8.50.